The molecule has 1 aromatic carbocycles. The summed E-state index contributed by atoms with van der Waals surface area (Å²) < 4.78 is 11.0. The maximum Gasteiger partial charge on any atom is 0.220 e. The third-order valence-corrected chi connectivity index (χ3v) is 4.51. The molecule has 22 heavy (non-hydrogen) atoms. The number of carbonyl (C=O) groups excluding carboxylic acids is 1. The van der Waals surface area contributed by atoms with Gasteiger partial charge in [0, 0.05) is 19.0 Å². The van der Waals surface area contributed by atoms with Gasteiger partial charge in [0.05, 0.1) is 0 Å². The van der Waals surface area contributed by atoms with E-state index in [9.17, 15) is 4.79 Å². The van der Waals surface area contributed by atoms with E-state index < -0.39 is 0 Å². The Bertz CT molecular complexity index is 533. The molecule has 3 rings (SSSR count). The van der Waals surface area contributed by atoms with E-state index in [-0.39, 0.29) is 11.9 Å². The molecule has 120 valence electrons. The van der Waals surface area contributed by atoms with Crippen LogP contribution in [0.15, 0.2) is 18.2 Å². The second-order valence-electron chi connectivity index (χ2n) is 6.17. The largest absolute Gasteiger partial charge is 0.486 e. The zero-order valence-corrected chi connectivity index (χ0v) is 12.8. The number of nitrogens with one attached hydrogen (secondary N) is 1. The minimum atomic E-state index is 0.0808. The molecule has 0 saturated heterocycles. The summed E-state index contributed by atoms with van der Waals surface area (Å²) in [5, 5.41) is 2.98. The standard InChI is InChI=1S/C17H24N2O3/c18-14-4-2-1-3-13(14)10-17(20)19-11-12-5-6-15-16(9-12)22-8-7-21-15/h5-6,9,13-14H,1-4,7-8,10-11,18H2,(H,19,20). The number of rotatable bonds is 4. The first-order valence-electron chi connectivity index (χ1n) is 8.13. The molecular formula is C17H24N2O3. The van der Waals surface area contributed by atoms with Gasteiger partial charge in [-0.25, -0.2) is 0 Å². The molecule has 2 aliphatic rings. The van der Waals surface area contributed by atoms with Crippen LogP contribution in [0.5, 0.6) is 11.5 Å². The Morgan fingerprint density at radius 1 is 1.18 bits per heavy atom. The van der Waals surface area contributed by atoms with Gasteiger partial charge in [0.2, 0.25) is 5.91 Å². The maximum absolute atomic E-state index is 12.1. The predicted molar refractivity (Wildman–Crippen MR) is 83.8 cm³/mol. The number of benzene rings is 1. The highest BCUT2D eigenvalue weighted by Gasteiger charge is 2.24. The third kappa shape index (κ3) is 3.71. The second-order valence-corrected chi connectivity index (χ2v) is 6.17. The highest BCUT2D eigenvalue weighted by Crippen LogP contribution is 2.30. The number of carbonyl (C=O) groups is 1. The summed E-state index contributed by atoms with van der Waals surface area (Å²) in [6.07, 6.45) is 5.02. The summed E-state index contributed by atoms with van der Waals surface area (Å²) in [5.41, 5.74) is 7.12. The van der Waals surface area contributed by atoms with Gasteiger partial charge in [-0.05, 0) is 36.5 Å². The van der Waals surface area contributed by atoms with E-state index in [1.54, 1.807) is 0 Å². The van der Waals surface area contributed by atoms with Crippen LogP contribution in [0.3, 0.4) is 0 Å². The number of hydrogen-bond acceptors (Lipinski definition) is 4. The first-order chi connectivity index (χ1) is 10.7. The average Bonchev–Trinajstić information content (AvgIpc) is 2.55. The summed E-state index contributed by atoms with van der Waals surface area (Å²) >= 11 is 0. The van der Waals surface area contributed by atoms with Crippen molar-refractivity contribution >= 4 is 5.91 Å². The van der Waals surface area contributed by atoms with Crippen molar-refractivity contribution in [2.75, 3.05) is 13.2 Å². The van der Waals surface area contributed by atoms with E-state index >= 15 is 0 Å². The molecule has 1 amide bonds. The van der Waals surface area contributed by atoms with Crippen molar-refractivity contribution in [3.8, 4) is 11.5 Å². The lowest BCUT2D eigenvalue weighted by Crippen LogP contribution is -2.37. The quantitative estimate of drug-likeness (QED) is 0.892. The Balaban J connectivity index is 1.50. The number of nitrogens with two attached hydrogens (primary N) is 1. The number of ether oxygens (including phenoxy) is 2. The molecule has 3 N–H and O–H groups in total. The molecule has 1 fully saturated rings. The van der Waals surface area contributed by atoms with E-state index in [2.05, 4.69) is 5.32 Å². The van der Waals surface area contributed by atoms with Gasteiger partial charge in [0.25, 0.3) is 0 Å². The summed E-state index contributed by atoms with van der Waals surface area (Å²) in [4.78, 5) is 12.1. The zero-order chi connectivity index (χ0) is 15.4. The van der Waals surface area contributed by atoms with E-state index in [4.69, 9.17) is 15.2 Å². The zero-order valence-electron chi connectivity index (χ0n) is 12.8. The Hall–Kier alpha value is -1.75. The van der Waals surface area contributed by atoms with E-state index in [0.29, 0.717) is 32.1 Å². The second kappa shape index (κ2) is 7.01. The summed E-state index contributed by atoms with van der Waals surface area (Å²) in [7, 11) is 0. The molecule has 1 aliphatic carbocycles. The fourth-order valence-corrected chi connectivity index (χ4v) is 3.20. The lowest BCUT2D eigenvalue weighted by molar-refractivity contribution is -0.122. The molecule has 5 nitrogen and oxygen atoms in total. The minimum absolute atomic E-state index is 0.0808. The molecular weight excluding hydrogens is 280 g/mol. The van der Waals surface area contributed by atoms with Gasteiger partial charge in [-0.15, -0.1) is 0 Å². The van der Waals surface area contributed by atoms with Crippen LogP contribution in [0.4, 0.5) is 0 Å². The van der Waals surface area contributed by atoms with Crippen LogP contribution in [0.1, 0.15) is 37.7 Å². The predicted octanol–water partition coefficient (Wildman–Crippen LogP) is 1.98. The van der Waals surface area contributed by atoms with Gasteiger partial charge in [-0.2, -0.15) is 0 Å². The molecule has 2 atom stereocenters. The fraction of sp³-hybridized carbons (Fsp3) is 0.588. The first kappa shape index (κ1) is 15.2. The van der Waals surface area contributed by atoms with Gasteiger partial charge in [0.15, 0.2) is 11.5 Å². The number of amides is 1. The summed E-state index contributed by atoms with van der Waals surface area (Å²) in [6, 6.07) is 5.96. The van der Waals surface area contributed by atoms with Gasteiger partial charge >= 0.3 is 0 Å². The molecule has 1 saturated carbocycles. The Morgan fingerprint density at radius 2 is 1.95 bits per heavy atom. The normalized spacial score (nSPS) is 23.9. The third-order valence-electron chi connectivity index (χ3n) is 4.51. The van der Waals surface area contributed by atoms with Crippen LogP contribution in [-0.2, 0) is 11.3 Å². The molecule has 1 aromatic rings. The van der Waals surface area contributed by atoms with Gasteiger partial charge in [-0.3, -0.25) is 4.79 Å². The van der Waals surface area contributed by atoms with Crippen LogP contribution in [0, 0.1) is 5.92 Å². The van der Waals surface area contributed by atoms with Crippen LogP contribution in [0.25, 0.3) is 0 Å². The molecule has 0 radical (unpaired) electrons. The minimum Gasteiger partial charge on any atom is -0.486 e. The van der Waals surface area contributed by atoms with Crippen molar-refractivity contribution in [2.45, 2.75) is 44.7 Å². The van der Waals surface area contributed by atoms with Crippen molar-refractivity contribution in [2.24, 2.45) is 11.7 Å². The van der Waals surface area contributed by atoms with Crippen LogP contribution >= 0.6 is 0 Å². The van der Waals surface area contributed by atoms with Crippen molar-refractivity contribution in [3.05, 3.63) is 23.8 Å². The highest BCUT2D eigenvalue weighted by atomic mass is 16.6. The van der Waals surface area contributed by atoms with Crippen LogP contribution < -0.4 is 20.5 Å². The molecule has 0 bridgehead atoms. The number of hydrogen-bond donors (Lipinski definition) is 2. The topological polar surface area (TPSA) is 73.6 Å². The fourth-order valence-electron chi connectivity index (χ4n) is 3.20. The van der Waals surface area contributed by atoms with Crippen molar-refractivity contribution in [1.29, 1.82) is 0 Å². The lowest BCUT2D eigenvalue weighted by atomic mass is 9.83. The Morgan fingerprint density at radius 3 is 2.77 bits per heavy atom. The number of fused-ring (bicyclic) bond motifs is 1. The van der Waals surface area contributed by atoms with Crippen molar-refractivity contribution < 1.29 is 14.3 Å². The maximum atomic E-state index is 12.1. The smallest absolute Gasteiger partial charge is 0.220 e. The molecule has 2 unspecified atom stereocenters. The monoisotopic (exact) mass is 304 g/mol. The average molecular weight is 304 g/mol. The first-order valence-corrected chi connectivity index (χ1v) is 8.13. The summed E-state index contributed by atoms with van der Waals surface area (Å²) in [5.74, 6) is 1.94. The molecule has 0 spiro atoms. The van der Waals surface area contributed by atoms with Gasteiger partial charge in [0.1, 0.15) is 13.2 Å². The van der Waals surface area contributed by atoms with E-state index in [1.807, 2.05) is 18.2 Å². The van der Waals surface area contributed by atoms with Crippen LogP contribution in [-0.4, -0.2) is 25.2 Å². The SMILES string of the molecule is NC1CCCCC1CC(=O)NCc1ccc2c(c1)OCCO2. The Kier molecular flexibility index (Phi) is 4.83. The van der Waals surface area contributed by atoms with Gasteiger partial charge < -0.3 is 20.5 Å². The lowest BCUT2D eigenvalue weighted by Gasteiger charge is -2.28. The molecule has 0 aromatic heterocycles. The van der Waals surface area contributed by atoms with Crippen molar-refractivity contribution in [1.82, 2.24) is 5.32 Å². The molecule has 5 heteroatoms. The van der Waals surface area contributed by atoms with E-state index in [1.165, 1.54) is 12.8 Å². The van der Waals surface area contributed by atoms with E-state index in [0.717, 1.165) is 29.9 Å². The van der Waals surface area contributed by atoms with Crippen molar-refractivity contribution in [3.63, 3.8) is 0 Å². The molecule has 1 heterocycles. The van der Waals surface area contributed by atoms with Crippen LogP contribution in [0.2, 0.25) is 0 Å². The van der Waals surface area contributed by atoms with Gasteiger partial charge in [-0.1, -0.05) is 18.9 Å². The highest BCUT2D eigenvalue weighted by molar-refractivity contribution is 5.76. The molecule has 1 aliphatic heterocycles. The summed E-state index contributed by atoms with van der Waals surface area (Å²) in [6.45, 7) is 1.67. The Labute approximate surface area is 131 Å².